The Balaban J connectivity index is 1.48. The summed E-state index contributed by atoms with van der Waals surface area (Å²) in [7, 11) is 0. The van der Waals surface area contributed by atoms with Crippen LogP contribution in [0.4, 0.5) is 17.1 Å². The summed E-state index contributed by atoms with van der Waals surface area (Å²) in [5.74, 6) is -2.71. The third kappa shape index (κ3) is 3.14. The zero-order valence-corrected chi connectivity index (χ0v) is 21.7. The van der Waals surface area contributed by atoms with Gasteiger partial charge in [0.1, 0.15) is 5.69 Å². The number of hydrogen-bond donors (Lipinski definition) is 0. The molecule has 1 fully saturated rings. The first kappa shape index (κ1) is 24.2. The Hall–Kier alpha value is -4.91. The van der Waals surface area contributed by atoms with Crippen molar-refractivity contribution in [2.75, 3.05) is 4.90 Å². The third-order valence-electron chi connectivity index (χ3n) is 8.76. The summed E-state index contributed by atoms with van der Waals surface area (Å²) < 4.78 is 0. The fraction of sp³-hybridized carbons (Fsp3) is 0.182. The topological polar surface area (TPSA) is 92.9 Å². The van der Waals surface area contributed by atoms with Crippen LogP contribution in [0.1, 0.15) is 40.7 Å². The molecule has 3 aliphatic carbocycles. The Morgan fingerprint density at radius 2 is 1.45 bits per heavy atom. The van der Waals surface area contributed by atoms with Gasteiger partial charge in [-0.15, -0.1) is 0 Å². The first-order valence-corrected chi connectivity index (χ1v) is 13.4. The van der Waals surface area contributed by atoms with E-state index in [-0.39, 0.29) is 17.3 Å². The summed E-state index contributed by atoms with van der Waals surface area (Å²) in [5.41, 5.74) is 4.51. The summed E-state index contributed by atoms with van der Waals surface area (Å²) in [4.78, 5) is 46.0. The van der Waals surface area contributed by atoms with E-state index in [2.05, 4.69) is 6.92 Å². The van der Waals surface area contributed by atoms with Crippen molar-refractivity contribution >= 4 is 35.1 Å². The Kier molecular flexibility index (Phi) is 5.32. The molecule has 8 rings (SSSR count). The number of aliphatic imine (C=N–C) groups is 1. The van der Waals surface area contributed by atoms with Crippen molar-refractivity contribution in [3.8, 4) is 0 Å². The van der Waals surface area contributed by atoms with Crippen LogP contribution in [-0.4, -0.2) is 23.0 Å². The lowest BCUT2D eigenvalue weighted by atomic mass is 9.47. The van der Waals surface area contributed by atoms with E-state index < -0.39 is 34.0 Å². The number of aryl methyl sites for hydroxylation is 1. The molecule has 4 aliphatic rings. The maximum Gasteiger partial charge on any atom is 0.293 e. The standard InChI is InChI=1S/C33H25N3O4/c1-2-20-15-17-21(18-16-20)34-19-33-24-11-5-3-9-22(24)28(23-10-4-6-12-25(23)33)29-30(33)32(38)35(31(29)37)26-13-7-8-14-27(26)36(39)40/h3-19,28-30H,2H2,1H3. The number of rotatable bonds is 5. The van der Waals surface area contributed by atoms with Crippen LogP contribution in [0.2, 0.25) is 0 Å². The highest BCUT2D eigenvalue weighted by atomic mass is 16.6. The van der Waals surface area contributed by atoms with Crippen LogP contribution < -0.4 is 4.90 Å². The van der Waals surface area contributed by atoms with Gasteiger partial charge < -0.3 is 0 Å². The Morgan fingerprint density at radius 1 is 0.850 bits per heavy atom. The predicted molar refractivity (Wildman–Crippen MR) is 152 cm³/mol. The van der Waals surface area contributed by atoms with Crippen molar-refractivity contribution in [3.63, 3.8) is 0 Å². The molecule has 7 heteroatoms. The minimum absolute atomic E-state index is 0.00616. The third-order valence-corrected chi connectivity index (χ3v) is 8.76. The lowest BCUT2D eigenvalue weighted by Gasteiger charge is -2.52. The fourth-order valence-electron chi connectivity index (χ4n) is 7.09. The van der Waals surface area contributed by atoms with Crippen LogP contribution >= 0.6 is 0 Å². The molecule has 2 atom stereocenters. The van der Waals surface area contributed by atoms with Gasteiger partial charge in [-0.25, -0.2) is 4.90 Å². The number of carbonyl (C=O) groups excluding carboxylic acids is 2. The normalized spacial score (nSPS) is 24.2. The number of nitrogens with zero attached hydrogens (tertiary/aromatic N) is 3. The van der Waals surface area contributed by atoms with Crippen LogP contribution in [0, 0.1) is 22.0 Å². The average Bonchev–Trinajstić information content (AvgIpc) is 3.26. The van der Waals surface area contributed by atoms with E-state index >= 15 is 0 Å². The molecule has 1 saturated heterocycles. The molecule has 0 saturated carbocycles. The van der Waals surface area contributed by atoms with E-state index in [1.165, 1.54) is 23.8 Å². The zero-order valence-electron chi connectivity index (χ0n) is 21.7. The second-order valence-electron chi connectivity index (χ2n) is 10.6. The number of anilines is 1. The maximum absolute atomic E-state index is 14.5. The van der Waals surface area contributed by atoms with Crippen molar-refractivity contribution < 1.29 is 14.5 Å². The van der Waals surface area contributed by atoms with E-state index in [4.69, 9.17) is 4.99 Å². The number of benzene rings is 4. The zero-order chi connectivity index (χ0) is 27.6. The number of hydrogen-bond acceptors (Lipinski definition) is 5. The van der Waals surface area contributed by atoms with Crippen LogP contribution in [0.5, 0.6) is 0 Å². The molecule has 0 spiro atoms. The minimum atomic E-state index is -1.03. The van der Waals surface area contributed by atoms with Crippen LogP contribution in [0.15, 0.2) is 102 Å². The number of para-hydroxylation sites is 2. The predicted octanol–water partition coefficient (Wildman–Crippen LogP) is 6.11. The quantitative estimate of drug-likeness (QED) is 0.135. The molecule has 7 nitrogen and oxygen atoms in total. The van der Waals surface area contributed by atoms with Gasteiger partial charge in [-0.3, -0.25) is 24.7 Å². The van der Waals surface area contributed by atoms with E-state index in [9.17, 15) is 19.7 Å². The molecule has 0 radical (unpaired) electrons. The molecule has 2 unspecified atom stereocenters. The molecule has 40 heavy (non-hydrogen) atoms. The highest BCUT2D eigenvalue weighted by molar-refractivity contribution is 6.25. The van der Waals surface area contributed by atoms with E-state index in [0.29, 0.717) is 0 Å². The Morgan fingerprint density at radius 3 is 2.08 bits per heavy atom. The summed E-state index contributed by atoms with van der Waals surface area (Å²) in [6.07, 6.45) is 2.75. The molecule has 4 aromatic carbocycles. The van der Waals surface area contributed by atoms with Gasteiger partial charge in [0, 0.05) is 18.2 Å². The number of imide groups is 1. The molecule has 1 heterocycles. The van der Waals surface area contributed by atoms with Gasteiger partial charge in [-0.05, 0) is 52.4 Å². The summed E-state index contributed by atoms with van der Waals surface area (Å²) in [5, 5.41) is 11.9. The van der Waals surface area contributed by atoms with Gasteiger partial charge in [-0.2, -0.15) is 0 Å². The van der Waals surface area contributed by atoms with E-state index in [0.717, 1.165) is 39.3 Å². The smallest absolute Gasteiger partial charge is 0.274 e. The Bertz CT molecular complexity index is 1700. The SMILES string of the molecule is CCc1ccc(N=CC23c4ccccc4C(c4ccccc42)C2C(=O)N(c4ccccc4[N+](=O)[O-])C(=O)C23)cc1. The number of nitro groups is 1. The highest BCUT2D eigenvalue weighted by Gasteiger charge is 2.68. The largest absolute Gasteiger partial charge is 0.293 e. The van der Waals surface area contributed by atoms with Crippen molar-refractivity contribution in [3.05, 3.63) is 135 Å². The molecular weight excluding hydrogens is 502 g/mol. The van der Waals surface area contributed by atoms with E-state index in [1.807, 2.05) is 79.0 Å². The molecule has 0 aromatic heterocycles. The van der Waals surface area contributed by atoms with Crippen molar-refractivity contribution in [2.45, 2.75) is 24.7 Å². The molecule has 4 aromatic rings. The number of amides is 2. The highest BCUT2D eigenvalue weighted by Crippen LogP contribution is 2.64. The second-order valence-corrected chi connectivity index (χ2v) is 10.6. The molecule has 1 aliphatic heterocycles. The molecular formula is C33H25N3O4. The van der Waals surface area contributed by atoms with Gasteiger partial charge in [0.05, 0.1) is 27.9 Å². The number of nitro benzene ring substituents is 1. The summed E-state index contributed by atoms with van der Waals surface area (Å²) >= 11 is 0. The Labute approximate surface area is 231 Å². The molecule has 196 valence electrons. The monoisotopic (exact) mass is 527 g/mol. The molecule has 2 bridgehead atoms. The van der Waals surface area contributed by atoms with Crippen LogP contribution in [0.3, 0.4) is 0 Å². The van der Waals surface area contributed by atoms with Crippen molar-refractivity contribution in [2.24, 2.45) is 16.8 Å². The first-order valence-electron chi connectivity index (χ1n) is 13.4. The van der Waals surface area contributed by atoms with E-state index in [1.54, 1.807) is 6.07 Å². The summed E-state index contributed by atoms with van der Waals surface area (Å²) in [6, 6.07) is 29.8. The maximum atomic E-state index is 14.5. The van der Waals surface area contributed by atoms with Crippen molar-refractivity contribution in [1.29, 1.82) is 0 Å². The second kappa shape index (κ2) is 8.81. The lowest BCUT2D eigenvalue weighted by molar-refractivity contribution is -0.384. The van der Waals surface area contributed by atoms with Gasteiger partial charge >= 0.3 is 0 Å². The van der Waals surface area contributed by atoms with Crippen molar-refractivity contribution in [1.82, 2.24) is 0 Å². The van der Waals surface area contributed by atoms with Crippen LogP contribution in [0.25, 0.3) is 0 Å². The molecule has 2 amide bonds. The van der Waals surface area contributed by atoms with Gasteiger partial charge in [0.15, 0.2) is 0 Å². The minimum Gasteiger partial charge on any atom is -0.274 e. The van der Waals surface area contributed by atoms with Gasteiger partial charge in [0.2, 0.25) is 11.8 Å². The fourth-order valence-corrected chi connectivity index (χ4v) is 7.09. The number of carbonyl (C=O) groups is 2. The average molecular weight is 528 g/mol. The van der Waals surface area contributed by atoms with Gasteiger partial charge in [-0.1, -0.05) is 79.7 Å². The van der Waals surface area contributed by atoms with Crippen LogP contribution in [-0.2, 0) is 21.4 Å². The lowest BCUT2D eigenvalue weighted by Crippen LogP contribution is -2.54. The summed E-state index contributed by atoms with van der Waals surface area (Å²) in [6.45, 7) is 2.09. The molecule has 0 N–H and O–H groups in total. The first-order chi connectivity index (χ1) is 19.5. The van der Waals surface area contributed by atoms with Gasteiger partial charge in [0.25, 0.3) is 5.69 Å².